The molecule has 1 heterocycles. The second-order valence-corrected chi connectivity index (χ2v) is 10.3. The van der Waals surface area contributed by atoms with Crippen LogP contribution in [0.1, 0.15) is 29.5 Å². The quantitative estimate of drug-likeness (QED) is 0.235. The van der Waals surface area contributed by atoms with Crippen molar-refractivity contribution >= 4 is 40.0 Å². The van der Waals surface area contributed by atoms with Crippen molar-refractivity contribution in [1.82, 2.24) is 14.8 Å². The average Bonchev–Trinajstić information content (AvgIpc) is 3.65. The summed E-state index contributed by atoms with van der Waals surface area (Å²) in [6.07, 6.45) is 4.45. The molecule has 1 fully saturated rings. The van der Waals surface area contributed by atoms with Crippen LogP contribution >= 0.6 is 23.2 Å². The number of para-hydroxylation sites is 1. The molecule has 1 N–H and O–H groups in total. The number of hydrogen-bond acceptors (Lipinski definition) is 2. The van der Waals surface area contributed by atoms with E-state index in [2.05, 4.69) is 11.1 Å². The number of H-pyrrole nitrogens is 1. The Balaban J connectivity index is 1.35. The molecule has 1 aliphatic rings. The van der Waals surface area contributed by atoms with Crippen molar-refractivity contribution in [2.24, 2.45) is 0 Å². The number of rotatable bonds is 10. The molecule has 0 saturated heterocycles. The summed E-state index contributed by atoms with van der Waals surface area (Å²) in [5.41, 5.74) is 3.03. The Kier molecular flexibility index (Phi) is 7.79. The van der Waals surface area contributed by atoms with Crippen molar-refractivity contribution in [3.63, 3.8) is 0 Å². The first-order chi connectivity index (χ1) is 17.9. The first-order valence-corrected chi connectivity index (χ1v) is 13.1. The number of carbonyl (C=O) groups excluding carboxylic acids is 1. The second kappa shape index (κ2) is 11.2. The van der Waals surface area contributed by atoms with Gasteiger partial charge in [0.15, 0.2) is 0 Å². The van der Waals surface area contributed by atoms with Crippen molar-refractivity contribution in [3.05, 3.63) is 105 Å². The summed E-state index contributed by atoms with van der Waals surface area (Å²) in [5, 5.41) is 2.01. The van der Waals surface area contributed by atoms with Crippen LogP contribution in [0.2, 0.25) is 10.0 Å². The highest BCUT2D eigenvalue weighted by Crippen LogP contribution is 2.30. The Morgan fingerprint density at radius 3 is 2.43 bits per heavy atom. The van der Waals surface area contributed by atoms with Crippen molar-refractivity contribution < 1.29 is 13.6 Å². The predicted molar refractivity (Wildman–Crippen MR) is 144 cm³/mol. The van der Waals surface area contributed by atoms with Crippen LogP contribution in [0, 0.1) is 11.6 Å². The van der Waals surface area contributed by atoms with E-state index < -0.39 is 11.6 Å². The number of halogens is 4. The van der Waals surface area contributed by atoms with E-state index in [0.29, 0.717) is 29.6 Å². The summed E-state index contributed by atoms with van der Waals surface area (Å²) in [6, 6.07) is 17.4. The molecule has 0 radical (unpaired) electrons. The molecule has 0 unspecified atom stereocenters. The minimum absolute atomic E-state index is 0.00275. The average molecular weight is 542 g/mol. The minimum Gasteiger partial charge on any atom is -0.361 e. The van der Waals surface area contributed by atoms with Gasteiger partial charge in [0.25, 0.3) is 0 Å². The highest BCUT2D eigenvalue weighted by molar-refractivity contribution is 6.42. The standard InChI is InChI=1S/C29H27Cl2F2N3O/c30-24-11-8-19(14-25(24)31)16-35(13-12-20-15-34-28-7-2-1-4-22(20)28)29(37)18-36(21-9-10-21)17-23-26(32)5-3-6-27(23)33/h1-8,11,14-15,21,34H,9-10,12-13,16-18H2. The first-order valence-electron chi connectivity index (χ1n) is 12.3. The van der Waals surface area contributed by atoms with Gasteiger partial charge in [0.2, 0.25) is 5.91 Å². The maximum Gasteiger partial charge on any atom is 0.237 e. The fraction of sp³-hybridized carbons (Fsp3) is 0.276. The third-order valence-corrected chi connectivity index (χ3v) is 7.60. The summed E-state index contributed by atoms with van der Waals surface area (Å²) in [5.74, 6) is -1.29. The van der Waals surface area contributed by atoms with Gasteiger partial charge in [0.1, 0.15) is 11.6 Å². The van der Waals surface area contributed by atoms with E-state index >= 15 is 0 Å². The number of nitrogens with one attached hydrogen (secondary N) is 1. The molecule has 1 amide bonds. The fourth-order valence-corrected chi connectivity index (χ4v) is 4.98. The van der Waals surface area contributed by atoms with Gasteiger partial charge in [-0.25, -0.2) is 8.78 Å². The third-order valence-electron chi connectivity index (χ3n) is 6.86. The van der Waals surface area contributed by atoms with Gasteiger partial charge in [0.05, 0.1) is 16.6 Å². The van der Waals surface area contributed by atoms with Gasteiger partial charge in [-0.15, -0.1) is 0 Å². The van der Waals surface area contributed by atoms with Crippen LogP contribution in [0.5, 0.6) is 0 Å². The predicted octanol–water partition coefficient (Wildman–Crippen LogP) is 6.99. The largest absolute Gasteiger partial charge is 0.361 e. The smallest absolute Gasteiger partial charge is 0.237 e. The minimum atomic E-state index is -0.593. The van der Waals surface area contributed by atoms with Crippen molar-refractivity contribution in [2.45, 2.75) is 38.4 Å². The molecule has 5 rings (SSSR count). The van der Waals surface area contributed by atoms with Gasteiger partial charge >= 0.3 is 0 Å². The van der Waals surface area contributed by atoms with E-state index in [9.17, 15) is 13.6 Å². The maximum absolute atomic E-state index is 14.4. The molecule has 3 aromatic carbocycles. The van der Waals surface area contributed by atoms with Gasteiger partial charge in [-0.1, -0.05) is 53.5 Å². The van der Waals surface area contributed by atoms with E-state index in [-0.39, 0.29) is 30.6 Å². The van der Waals surface area contributed by atoms with Crippen LogP contribution in [0.25, 0.3) is 10.9 Å². The number of aromatic amines is 1. The Morgan fingerprint density at radius 2 is 1.70 bits per heavy atom. The number of fused-ring (bicyclic) bond motifs is 1. The molecular weight excluding hydrogens is 515 g/mol. The third kappa shape index (κ3) is 6.15. The highest BCUT2D eigenvalue weighted by atomic mass is 35.5. The maximum atomic E-state index is 14.4. The molecule has 0 spiro atoms. The zero-order valence-corrected chi connectivity index (χ0v) is 21.7. The van der Waals surface area contributed by atoms with Crippen LogP contribution in [0.4, 0.5) is 8.78 Å². The molecule has 4 aromatic rings. The van der Waals surface area contributed by atoms with Crippen molar-refractivity contribution in [2.75, 3.05) is 13.1 Å². The van der Waals surface area contributed by atoms with E-state index in [1.807, 2.05) is 35.4 Å². The molecule has 1 aliphatic carbocycles. The molecule has 1 aromatic heterocycles. The molecule has 0 atom stereocenters. The molecule has 1 saturated carbocycles. The number of hydrogen-bond donors (Lipinski definition) is 1. The summed E-state index contributed by atoms with van der Waals surface area (Å²) in [4.78, 5) is 20.6. The van der Waals surface area contributed by atoms with Crippen LogP contribution in [-0.4, -0.2) is 39.8 Å². The molecule has 0 bridgehead atoms. The van der Waals surface area contributed by atoms with E-state index in [1.54, 1.807) is 17.0 Å². The number of benzene rings is 3. The fourth-order valence-electron chi connectivity index (χ4n) is 4.66. The van der Waals surface area contributed by atoms with E-state index in [4.69, 9.17) is 23.2 Å². The summed E-state index contributed by atoms with van der Waals surface area (Å²) in [7, 11) is 0. The lowest BCUT2D eigenvalue weighted by Crippen LogP contribution is -2.41. The SMILES string of the molecule is O=C(CN(Cc1c(F)cccc1F)C1CC1)N(CCc1c[nH]c2ccccc12)Cc1ccc(Cl)c(Cl)c1. The zero-order valence-electron chi connectivity index (χ0n) is 20.2. The Bertz CT molecular complexity index is 1400. The van der Waals surface area contributed by atoms with E-state index in [1.165, 1.54) is 18.2 Å². The summed E-state index contributed by atoms with van der Waals surface area (Å²) < 4.78 is 28.7. The molecule has 8 heteroatoms. The van der Waals surface area contributed by atoms with Gasteiger partial charge in [-0.3, -0.25) is 9.69 Å². The Hall–Kier alpha value is -2.93. The normalized spacial score (nSPS) is 13.4. The van der Waals surface area contributed by atoms with Crippen LogP contribution < -0.4 is 0 Å². The van der Waals surface area contributed by atoms with Crippen molar-refractivity contribution in [3.8, 4) is 0 Å². The van der Waals surface area contributed by atoms with Gasteiger partial charge < -0.3 is 9.88 Å². The molecular formula is C29H27Cl2F2N3O. The Morgan fingerprint density at radius 1 is 0.946 bits per heavy atom. The van der Waals surface area contributed by atoms with Gasteiger partial charge in [-0.05, 0) is 60.7 Å². The Labute approximate surface area is 224 Å². The topological polar surface area (TPSA) is 39.3 Å². The number of amides is 1. The monoisotopic (exact) mass is 541 g/mol. The molecule has 192 valence electrons. The molecule has 37 heavy (non-hydrogen) atoms. The van der Waals surface area contributed by atoms with E-state index in [0.717, 1.165) is 34.9 Å². The highest BCUT2D eigenvalue weighted by Gasteiger charge is 2.32. The van der Waals surface area contributed by atoms with Gasteiger partial charge in [0, 0.05) is 48.3 Å². The summed E-state index contributed by atoms with van der Waals surface area (Å²) in [6.45, 7) is 0.962. The first kappa shape index (κ1) is 25.7. The summed E-state index contributed by atoms with van der Waals surface area (Å²) >= 11 is 12.3. The number of aromatic nitrogens is 1. The molecule has 4 nitrogen and oxygen atoms in total. The lowest BCUT2D eigenvalue weighted by molar-refractivity contribution is -0.133. The zero-order chi connectivity index (χ0) is 25.9. The lowest BCUT2D eigenvalue weighted by atomic mass is 10.1. The number of carbonyl (C=O) groups is 1. The lowest BCUT2D eigenvalue weighted by Gasteiger charge is -2.28. The second-order valence-electron chi connectivity index (χ2n) is 9.51. The number of nitrogens with zero attached hydrogens (tertiary/aromatic N) is 2. The molecule has 0 aliphatic heterocycles. The van der Waals surface area contributed by atoms with Crippen molar-refractivity contribution in [1.29, 1.82) is 0 Å². The van der Waals surface area contributed by atoms with Gasteiger partial charge in [-0.2, -0.15) is 0 Å². The van der Waals surface area contributed by atoms with Crippen LogP contribution in [0.3, 0.4) is 0 Å². The van der Waals surface area contributed by atoms with Crippen LogP contribution in [0.15, 0.2) is 66.9 Å². The van der Waals surface area contributed by atoms with Crippen LogP contribution in [-0.2, 0) is 24.3 Å².